The summed E-state index contributed by atoms with van der Waals surface area (Å²) in [7, 11) is -3.12. The first kappa shape index (κ1) is 13.4. The fraction of sp³-hybridized carbons (Fsp3) is 0.571. The molecule has 0 bridgehead atoms. The van der Waals surface area contributed by atoms with Gasteiger partial charge in [0.25, 0.3) is 0 Å². The zero-order valence-corrected chi connectivity index (χ0v) is 11.8. The predicted molar refractivity (Wildman–Crippen MR) is 74.6 cm³/mol. The van der Waals surface area contributed by atoms with Gasteiger partial charge in [-0.2, -0.15) is 0 Å². The van der Waals surface area contributed by atoms with Crippen molar-refractivity contribution in [1.29, 1.82) is 0 Å². The molecule has 0 heterocycles. The smallest absolute Gasteiger partial charge is 0.175 e. The number of nitrogens with one attached hydrogen (secondary N) is 1. The molecule has 1 aromatic rings. The van der Waals surface area contributed by atoms with Gasteiger partial charge in [-0.1, -0.05) is 25.3 Å². The van der Waals surface area contributed by atoms with Gasteiger partial charge in [-0.3, -0.25) is 0 Å². The van der Waals surface area contributed by atoms with E-state index in [0.29, 0.717) is 10.9 Å². The van der Waals surface area contributed by atoms with E-state index in [1.165, 1.54) is 31.9 Å². The Bertz CT molecular complexity index is 506. The van der Waals surface area contributed by atoms with Gasteiger partial charge in [0, 0.05) is 18.0 Å². The first-order valence-electron chi connectivity index (χ1n) is 6.52. The molecular weight excluding hydrogens is 246 g/mol. The SMILES string of the molecule is CC(CC1CCC1)Nc1cccc(S(C)(=O)=O)c1. The van der Waals surface area contributed by atoms with E-state index in [2.05, 4.69) is 12.2 Å². The average Bonchev–Trinajstić information content (AvgIpc) is 2.23. The van der Waals surface area contributed by atoms with E-state index < -0.39 is 9.84 Å². The number of benzene rings is 1. The highest BCUT2D eigenvalue weighted by atomic mass is 32.2. The van der Waals surface area contributed by atoms with E-state index in [-0.39, 0.29) is 0 Å². The summed E-state index contributed by atoms with van der Waals surface area (Å²) in [5.41, 5.74) is 0.893. The molecule has 100 valence electrons. The lowest BCUT2D eigenvalue weighted by molar-refractivity contribution is 0.286. The van der Waals surface area contributed by atoms with Gasteiger partial charge >= 0.3 is 0 Å². The molecule has 1 fully saturated rings. The minimum atomic E-state index is -3.12. The molecule has 0 aromatic heterocycles. The molecule has 18 heavy (non-hydrogen) atoms. The molecule has 0 amide bonds. The highest BCUT2D eigenvalue weighted by molar-refractivity contribution is 7.90. The normalized spacial score (nSPS) is 18.1. The number of rotatable bonds is 5. The van der Waals surface area contributed by atoms with Crippen LogP contribution in [0.5, 0.6) is 0 Å². The zero-order valence-electron chi connectivity index (χ0n) is 11.0. The largest absolute Gasteiger partial charge is 0.383 e. The Kier molecular flexibility index (Phi) is 3.95. The predicted octanol–water partition coefficient (Wildman–Crippen LogP) is 3.08. The molecule has 1 aliphatic carbocycles. The van der Waals surface area contributed by atoms with Crippen molar-refractivity contribution in [3.8, 4) is 0 Å². The summed E-state index contributed by atoms with van der Waals surface area (Å²) >= 11 is 0. The minimum Gasteiger partial charge on any atom is -0.383 e. The third-order valence-corrected chi connectivity index (χ3v) is 4.70. The molecule has 0 saturated heterocycles. The van der Waals surface area contributed by atoms with Crippen LogP contribution in [0.4, 0.5) is 5.69 Å². The van der Waals surface area contributed by atoms with E-state index in [4.69, 9.17) is 0 Å². The topological polar surface area (TPSA) is 46.2 Å². The van der Waals surface area contributed by atoms with Crippen LogP contribution in [0.3, 0.4) is 0 Å². The lowest BCUT2D eigenvalue weighted by Gasteiger charge is -2.29. The summed E-state index contributed by atoms with van der Waals surface area (Å²) in [6.45, 7) is 2.16. The van der Waals surface area contributed by atoms with Gasteiger partial charge in [-0.05, 0) is 37.5 Å². The molecule has 4 heteroatoms. The van der Waals surface area contributed by atoms with Crippen LogP contribution in [-0.2, 0) is 9.84 Å². The summed E-state index contributed by atoms with van der Waals surface area (Å²) in [5.74, 6) is 0.852. The van der Waals surface area contributed by atoms with Crippen molar-refractivity contribution in [3.05, 3.63) is 24.3 Å². The van der Waals surface area contributed by atoms with Crippen LogP contribution in [0.2, 0.25) is 0 Å². The number of sulfone groups is 1. The van der Waals surface area contributed by atoms with Crippen LogP contribution >= 0.6 is 0 Å². The fourth-order valence-corrected chi connectivity index (χ4v) is 3.06. The van der Waals surface area contributed by atoms with Crippen molar-refractivity contribution in [2.75, 3.05) is 11.6 Å². The number of hydrogen-bond acceptors (Lipinski definition) is 3. The molecule has 1 atom stereocenters. The van der Waals surface area contributed by atoms with Crippen molar-refractivity contribution < 1.29 is 8.42 Å². The van der Waals surface area contributed by atoms with E-state index >= 15 is 0 Å². The van der Waals surface area contributed by atoms with E-state index in [9.17, 15) is 8.42 Å². The number of anilines is 1. The van der Waals surface area contributed by atoms with Gasteiger partial charge in [0.15, 0.2) is 9.84 Å². The van der Waals surface area contributed by atoms with Gasteiger partial charge in [-0.25, -0.2) is 8.42 Å². The monoisotopic (exact) mass is 267 g/mol. The second kappa shape index (κ2) is 5.31. The molecular formula is C14H21NO2S. The van der Waals surface area contributed by atoms with Gasteiger partial charge in [0.05, 0.1) is 4.90 Å². The van der Waals surface area contributed by atoms with Crippen molar-refractivity contribution in [1.82, 2.24) is 0 Å². The first-order chi connectivity index (χ1) is 8.45. The van der Waals surface area contributed by atoms with Gasteiger partial charge < -0.3 is 5.32 Å². The molecule has 0 spiro atoms. The highest BCUT2D eigenvalue weighted by Crippen LogP contribution is 2.31. The molecule has 1 aromatic carbocycles. The Labute approximate surface area is 110 Å². The van der Waals surface area contributed by atoms with Crippen LogP contribution in [0.15, 0.2) is 29.2 Å². The molecule has 1 N–H and O–H groups in total. The molecule has 0 aliphatic heterocycles. The molecule has 1 unspecified atom stereocenters. The summed E-state index contributed by atoms with van der Waals surface area (Å²) in [6, 6.07) is 7.45. The van der Waals surface area contributed by atoms with E-state index in [1.807, 2.05) is 6.07 Å². The average molecular weight is 267 g/mol. The third-order valence-electron chi connectivity index (χ3n) is 3.59. The standard InChI is InChI=1S/C14H21NO2S/c1-11(9-12-5-3-6-12)15-13-7-4-8-14(10-13)18(2,16)17/h4,7-8,10-12,15H,3,5-6,9H2,1-2H3. The second-order valence-electron chi connectivity index (χ2n) is 5.38. The van der Waals surface area contributed by atoms with Gasteiger partial charge in [0.2, 0.25) is 0 Å². The van der Waals surface area contributed by atoms with Crippen LogP contribution in [0.25, 0.3) is 0 Å². The van der Waals surface area contributed by atoms with Crippen LogP contribution < -0.4 is 5.32 Å². The van der Waals surface area contributed by atoms with Crippen LogP contribution in [-0.4, -0.2) is 20.7 Å². The van der Waals surface area contributed by atoms with Crippen LogP contribution in [0, 0.1) is 5.92 Å². The van der Waals surface area contributed by atoms with Gasteiger partial charge in [-0.15, -0.1) is 0 Å². The molecule has 2 rings (SSSR count). The Morgan fingerprint density at radius 2 is 2.11 bits per heavy atom. The molecule has 0 radical (unpaired) electrons. The minimum absolute atomic E-state index is 0.378. The maximum absolute atomic E-state index is 11.5. The maximum atomic E-state index is 11.5. The van der Waals surface area contributed by atoms with E-state index in [1.54, 1.807) is 18.2 Å². The van der Waals surface area contributed by atoms with Crippen molar-refractivity contribution in [2.24, 2.45) is 5.92 Å². The summed E-state index contributed by atoms with van der Waals surface area (Å²) in [4.78, 5) is 0.378. The van der Waals surface area contributed by atoms with E-state index in [0.717, 1.165) is 11.6 Å². The third kappa shape index (κ3) is 3.48. The summed E-state index contributed by atoms with van der Waals surface area (Å²) < 4.78 is 23.0. The molecule has 1 aliphatic rings. The van der Waals surface area contributed by atoms with Crippen molar-refractivity contribution in [2.45, 2.75) is 43.5 Å². The highest BCUT2D eigenvalue weighted by Gasteiger charge is 2.19. The Morgan fingerprint density at radius 3 is 2.67 bits per heavy atom. The second-order valence-corrected chi connectivity index (χ2v) is 7.39. The fourth-order valence-electron chi connectivity index (χ4n) is 2.39. The number of hydrogen-bond donors (Lipinski definition) is 1. The Hall–Kier alpha value is -1.03. The van der Waals surface area contributed by atoms with Gasteiger partial charge in [0.1, 0.15) is 0 Å². The molecule has 1 saturated carbocycles. The Balaban J connectivity index is 2.00. The summed E-state index contributed by atoms with van der Waals surface area (Å²) in [5, 5.41) is 3.39. The maximum Gasteiger partial charge on any atom is 0.175 e. The Morgan fingerprint density at radius 1 is 1.39 bits per heavy atom. The lowest BCUT2D eigenvalue weighted by atomic mass is 9.81. The van der Waals surface area contributed by atoms with Crippen molar-refractivity contribution >= 4 is 15.5 Å². The first-order valence-corrected chi connectivity index (χ1v) is 8.41. The summed E-state index contributed by atoms with van der Waals surface area (Å²) in [6.07, 6.45) is 6.46. The van der Waals surface area contributed by atoms with Crippen molar-refractivity contribution in [3.63, 3.8) is 0 Å². The van der Waals surface area contributed by atoms with Crippen LogP contribution in [0.1, 0.15) is 32.6 Å². The molecule has 3 nitrogen and oxygen atoms in total. The quantitative estimate of drug-likeness (QED) is 0.891. The zero-order chi connectivity index (χ0) is 13.2. The lowest BCUT2D eigenvalue weighted by Crippen LogP contribution is -2.23.